The number of carbonyl (C=O) groups is 1. The van der Waals surface area contributed by atoms with Crippen LogP contribution in [0.2, 0.25) is 0 Å². The lowest BCUT2D eigenvalue weighted by Crippen LogP contribution is -2.34. The minimum Gasteiger partial charge on any atom is -0.373 e. The van der Waals surface area contributed by atoms with Gasteiger partial charge < -0.3 is 10.4 Å². The van der Waals surface area contributed by atoms with E-state index in [-0.39, 0.29) is 5.25 Å². The lowest BCUT2D eigenvalue weighted by Gasteiger charge is -2.10. The van der Waals surface area contributed by atoms with Gasteiger partial charge in [-0.15, -0.1) is 0 Å². The van der Waals surface area contributed by atoms with Crippen LogP contribution in [0.15, 0.2) is 0 Å². The lowest BCUT2D eigenvalue weighted by atomic mass is 10.4. The fourth-order valence-corrected chi connectivity index (χ4v) is 0.295. The summed E-state index contributed by atoms with van der Waals surface area (Å²) >= 11 is 3.86. The molecular formula is C4H9NO2S. The van der Waals surface area contributed by atoms with Crippen LogP contribution in [0.3, 0.4) is 0 Å². The summed E-state index contributed by atoms with van der Waals surface area (Å²) in [7, 11) is 0. The van der Waals surface area contributed by atoms with Crippen molar-refractivity contribution in [2.45, 2.75) is 18.4 Å². The number of carbonyl (C=O) groups excluding carboxylic acids is 1. The van der Waals surface area contributed by atoms with Crippen LogP contribution in [0.4, 0.5) is 0 Å². The molecule has 0 aliphatic heterocycles. The zero-order valence-electron chi connectivity index (χ0n) is 4.53. The molecule has 48 valence electrons. The van der Waals surface area contributed by atoms with E-state index in [2.05, 4.69) is 17.9 Å². The average Bonchev–Trinajstić information content (AvgIpc) is 1.67. The molecule has 0 rings (SSSR count). The van der Waals surface area contributed by atoms with Crippen LogP contribution >= 0.6 is 12.6 Å². The van der Waals surface area contributed by atoms with Gasteiger partial charge in [-0.3, -0.25) is 4.79 Å². The highest BCUT2D eigenvalue weighted by Gasteiger charge is 2.05. The number of hydrogen-bond acceptors (Lipinski definition) is 3. The highest BCUT2D eigenvalue weighted by Crippen LogP contribution is 1.94. The molecule has 0 heterocycles. The van der Waals surface area contributed by atoms with Gasteiger partial charge in [-0.2, -0.15) is 12.6 Å². The highest BCUT2D eigenvalue weighted by molar-refractivity contribution is 7.81. The Bertz CT molecular complexity index is 76.4. The van der Waals surface area contributed by atoms with Gasteiger partial charge in [0.05, 0.1) is 0 Å². The van der Waals surface area contributed by atoms with E-state index in [0.717, 1.165) is 0 Å². The van der Waals surface area contributed by atoms with E-state index >= 15 is 0 Å². The Morgan fingerprint density at radius 2 is 2.38 bits per heavy atom. The summed E-state index contributed by atoms with van der Waals surface area (Å²) in [4.78, 5) is 9.61. The maximum atomic E-state index is 9.61. The first-order valence-electron chi connectivity index (χ1n) is 2.24. The monoisotopic (exact) mass is 135 g/mol. The molecule has 0 aromatic heterocycles. The van der Waals surface area contributed by atoms with Crippen molar-refractivity contribution in [3.63, 3.8) is 0 Å². The van der Waals surface area contributed by atoms with Crippen LogP contribution in [-0.2, 0) is 4.79 Å². The molecule has 0 bridgehead atoms. The lowest BCUT2D eigenvalue weighted by molar-refractivity contribution is -0.112. The third-order valence-corrected chi connectivity index (χ3v) is 0.978. The van der Waals surface area contributed by atoms with E-state index in [1.165, 1.54) is 0 Å². The van der Waals surface area contributed by atoms with E-state index in [1.807, 2.05) is 0 Å². The summed E-state index contributed by atoms with van der Waals surface area (Å²) in [5, 5.41) is 10.6. The van der Waals surface area contributed by atoms with E-state index in [4.69, 9.17) is 5.11 Å². The van der Waals surface area contributed by atoms with Gasteiger partial charge in [-0.05, 0) is 6.92 Å². The second-order valence-corrected chi connectivity index (χ2v) is 2.28. The molecule has 0 saturated heterocycles. The minimum atomic E-state index is -0.837. The van der Waals surface area contributed by atoms with Gasteiger partial charge >= 0.3 is 0 Å². The summed E-state index contributed by atoms with van der Waals surface area (Å²) in [5.41, 5.74) is 0. The molecule has 2 N–H and O–H groups in total. The maximum Gasteiger partial charge on any atom is 0.209 e. The Morgan fingerprint density at radius 1 is 1.88 bits per heavy atom. The van der Waals surface area contributed by atoms with Gasteiger partial charge in [-0.1, -0.05) is 0 Å². The number of nitrogens with one attached hydrogen (secondary N) is 1. The van der Waals surface area contributed by atoms with Crippen LogP contribution in [0.5, 0.6) is 0 Å². The van der Waals surface area contributed by atoms with Gasteiger partial charge in [0, 0.05) is 5.25 Å². The average molecular weight is 135 g/mol. The van der Waals surface area contributed by atoms with Gasteiger partial charge in [0.25, 0.3) is 0 Å². The Morgan fingerprint density at radius 3 is 2.50 bits per heavy atom. The summed E-state index contributed by atoms with van der Waals surface area (Å²) in [6.45, 7) is 1.68. The molecule has 0 spiro atoms. The maximum absolute atomic E-state index is 9.61. The van der Waals surface area contributed by atoms with E-state index in [0.29, 0.717) is 6.41 Å². The molecule has 0 aliphatic rings. The summed E-state index contributed by atoms with van der Waals surface area (Å²) in [6.07, 6.45) is -0.395. The van der Waals surface area contributed by atoms with Gasteiger partial charge in [0.2, 0.25) is 6.41 Å². The second-order valence-electron chi connectivity index (χ2n) is 1.47. The Balaban J connectivity index is 3.30. The van der Waals surface area contributed by atoms with Crippen molar-refractivity contribution in [2.24, 2.45) is 0 Å². The molecule has 1 amide bonds. The van der Waals surface area contributed by atoms with Crippen molar-refractivity contribution in [1.82, 2.24) is 5.32 Å². The molecular weight excluding hydrogens is 126 g/mol. The van der Waals surface area contributed by atoms with Crippen molar-refractivity contribution in [3.8, 4) is 0 Å². The molecule has 0 aliphatic carbocycles. The summed E-state index contributed by atoms with van der Waals surface area (Å²) < 4.78 is 0. The van der Waals surface area contributed by atoms with Crippen molar-refractivity contribution in [2.75, 3.05) is 0 Å². The Hall–Kier alpha value is -0.220. The van der Waals surface area contributed by atoms with Crippen LogP contribution < -0.4 is 5.32 Å². The fourth-order valence-electron chi connectivity index (χ4n) is 0.209. The largest absolute Gasteiger partial charge is 0.373 e. The van der Waals surface area contributed by atoms with Crippen LogP contribution in [-0.4, -0.2) is 23.0 Å². The first-order chi connectivity index (χ1) is 3.68. The predicted octanol–water partition coefficient (Wildman–Crippen LogP) is -0.631. The number of rotatable bonds is 3. The standard InChI is InChI=1S/C4H9NO2S/c1-3(8)4(7)5-2-6/h2-4,7-8H,1H3,(H,5,6)/t3-,4?/m0/s1. The number of amides is 1. The van der Waals surface area contributed by atoms with E-state index < -0.39 is 6.23 Å². The van der Waals surface area contributed by atoms with Crippen molar-refractivity contribution < 1.29 is 9.90 Å². The molecule has 2 atom stereocenters. The molecule has 0 aromatic rings. The van der Waals surface area contributed by atoms with E-state index in [9.17, 15) is 4.79 Å². The van der Waals surface area contributed by atoms with Crippen molar-refractivity contribution in [3.05, 3.63) is 0 Å². The SMILES string of the molecule is C[C@H](S)C(O)NC=O. The van der Waals surface area contributed by atoms with Crippen LogP contribution in [0.25, 0.3) is 0 Å². The Labute approximate surface area is 53.5 Å². The number of thiol groups is 1. The quantitative estimate of drug-likeness (QED) is 0.274. The number of aliphatic hydroxyl groups is 1. The molecule has 1 unspecified atom stereocenters. The summed E-state index contributed by atoms with van der Waals surface area (Å²) in [6, 6.07) is 0. The topological polar surface area (TPSA) is 49.3 Å². The molecule has 8 heavy (non-hydrogen) atoms. The Kier molecular flexibility index (Phi) is 3.64. The van der Waals surface area contributed by atoms with Gasteiger partial charge in [-0.25, -0.2) is 0 Å². The predicted molar refractivity (Wildman–Crippen MR) is 33.7 cm³/mol. The molecule has 3 nitrogen and oxygen atoms in total. The first-order valence-corrected chi connectivity index (χ1v) is 2.76. The molecule has 0 fully saturated rings. The molecule has 4 heteroatoms. The highest BCUT2D eigenvalue weighted by atomic mass is 32.1. The minimum absolute atomic E-state index is 0.222. The number of hydrogen-bond donors (Lipinski definition) is 3. The zero-order chi connectivity index (χ0) is 6.57. The normalized spacial score (nSPS) is 16.9. The van der Waals surface area contributed by atoms with Crippen molar-refractivity contribution in [1.29, 1.82) is 0 Å². The first kappa shape index (κ1) is 7.78. The molecule has 0 saturated carbocycles. The third kappa shape index (κ3) is 2.87. The third-order valence-electron chi connectivity index (χ3n) is 0.696. The second kappa shape index (κ2) is 3.74. The number of aliphatic hydroxyl groups excluding tert-OH is 1. The van der Waals surface area contributed by atoms with Crippen LogP contribution in [0, 0.1) is 0 Å². The smallest absolute Gasteiger partial charge is 0.209 e. The van der Waals surface area contributed by atoms with Crippen molar-refractivity contribution >= 4 is 19.0 Å². The molecule has 0 radical (unpaired) electrons. The van der Waals surface area contributed by atoms with E-state index in [1.54, 1.807) is 6.92 Å². The van der Waals surface area contributed by atoms with Gasteiger partial charge in [0.15, 0.2) is 0 Å². The molecule has 0 aromatic carbocycles. The fraction of sp³-hybridized carbons (Fsp3) is 0.750. The van der Waals surface area contributed by atoms with Crippen LogP contribution in [0.1, 0.15) is 6.92 Å². The zero-order valence-corrected chi connectivity index (χ0v) is 5.43. The van der Waals surface area contributed by atoms with Gasteiger partial charge in [0.1, 0.15) is 6.23 Å². The summed E-state index contributed by atoms with van der Waals surface area (Å²) in [5.74, 6) is 0.